The average molecular weight is 324 g/mol. The third-order valence-electron chi connectivity index (χ3n) is 4.36. The van der Waals surface area contributed by atoms with E-state index in [1.165, 1.54) is 16.7 Å². The van der Waals surface area contributed by atoms with E-state index in [1.807, 2.05) is 22.8 Å². The molecule has 3 rings (SSSR count). The van der Waals surface area contributed by atoms with Crippen LogP contribution in [0, 0.1) is 13.8 Å². The number of ether oxygens (including phenoxy) is 1. The third-order valence-corrected chi connectivity index (χ3v) is 4.36. The highest BCUT2D eigenvalue weighted by atomic mass is 16.5. The zero-order valence-electron chi connectivity index (χ0n) is 14.5. The number of aliphatic hydroxyl groups excluding tert-OH is 1. The van der Waals surface area contributed by atoms with Gasteiger partial charge in [0.05, 0.1) is 23.9 Å². The molecule has 126 valence electrons. The molecule has 0 bridgehead atoms. The molecule has 1 aromatic carbocycles. The summed E-state index contributed by atoms with van der Waals surface area (Å²) in [6.45, 7) is 6.97. The number of hydrogen-bond donors (Lipinski definition) is 1. The van der Waals surface area contributed by atoms with Crippen LogP contribution in [0.25, 0.3) is 11.0 Å². The number of imidazole rings is 1. The van der Waals surface area contributed by atoms with E-state index in [2.05, 4.69) is 44.0 Å². The summed E-state index contributed by atoms with van der Waals surface area (Å²) < 4.78 is 7.72. The maximum absolute atomic E-state index is 10.3. The average Bonchev–Trinajstić information content (AvgIpc) is 2.78. The molecule has 4 nitrogen and oxygen atoms in total. The number of aromatic nitrogens is 2. The minimum absolute atomic E-state index is 0.264. The van der Waals surface area contributed by atoms with E-state index >= 15 is 0 Å². The molecule has 0 saturated heterocycles. The Kier molecular flexibility index (Phi) is 4.86. The second-order valence-electron chi connectivity index (χ2n) is 6.41. The summed E-state index contributed by atoms with van der Waals surface area (Å²) >= 11 is 0. The van der Waals surface area contributed by atoms with Crippen LogP contribution in [0.2, 0.25) is 0 Å². The van der Waals surface area contributed by atoms with Gasteiger partial charge in [-0.1, -0.05) is 17.7 Å². The first-order valence-electron chi connectivity index (χ1n) is 8.31. The second-order valence-corrected chi connectivity index (χ2v) is 6.41. The van der Waals surface area contributed by atoms with Crippen LogP contribution in [0.5, 0.6) is 0 Å². The minimum atomic E-state index is -0.587. The van der Waals surface area contributed by atoms with Crippen molar-refractivity contribution in [1.29, 1.82) is 0 Å². The normalized spacial score (nSPS) is 15.8. The van der Waals surface area contributed by atoms with Crippen molar-refractivity contribution in [2.45, 2.75) is 39.8 Å². The van der Waals surface area contributed by atoms with E-state index in [0.29, 0.717) is 6.54 Å². The Hall–Kier alpha value is -2.33. The van der Waals surface area contributed by atoms with Crippen molar-refractivity contribution in [3.63, 3.8) is 0 Å². The van der Waals surface area contributed by atoms with Crippen LogP contribution in [0.1, 0.15) is 24.5 Å². The van der Waals surface area contributed by atoms with E-state index < -0.39 is 6.10 Å². The van der Waals surface area contributed by atoms with Gasteiger partial charge < -0.3 is 14.4 Å². The van der Waals surface area contributed by atoms with Gasteiger partial charge in [-0.2, -0.15) is 0 Å². The van der Waals surface area contributed by atoms with Gasteiger partial charge in [0, 0.05) is 0 Å². The van der Waals surface area contributed by atoms with Crippen molar-refractivity contribution in [3.8, 4) is 0 Å². The van der Waals surface area contributed by atoms with Gasteiger partial charge in [0.1, 0.15) is 18.5 Å². The van der Waals surface area contributed by atoms with Gasteiger partial charge in [-0.3, -0.25) is 0 Å². The van der Waals surface area contributed by atoms with Crippen LogP contribution in [-0.2, 0) is 11.3 Å². The van der Waals surface area contributed by atoms with Gasteiger partial charge in [0.15, 0.2) is 0 Å². The Morgan fingerprint density at radius 3 is 2.79 bits per heavy atom. The molecule has 0 saturated carbocycles. The first-order chi connectivity index (χ1) is 11.5. The van der Waals surface area contributed by atoms with E-state index in [4.69, 9.17) is 4.74 Å². The van der Waals surface area contributed by atoms with E-state index in [1.54, 1.807) is 6.33 Å². The van der Waals surface area contributed by atoms with Gasteiger partial charge in [0.25, 0.3) is 0 Å². The number of allylic oxidation sites excluding steroid dienone is 5. The fraction of sp³-hybridized carbons (Fsp3) is 0.350. The summed E-state index contributed by atoms with van der Waals surface area (Å²) in [6.07, 6.45) is 10.2. The lowest BCUT2D eigenvalue weighted by Crippen LogP contribution is -2.21. The van der Waals surface area contributed by atoms with Crippen molar-refractivity contribution in [1.82, 2.24) is 9.55 Å². The Morgan fingerprint density at radius 2 is 1.96 bits per heavy atom. The predicted molar refractivity (Wildman–Crippen MR) is 96.8 cm³/mol. The van der Waals surface area contributed by atoms with Crippen LogP contribution in [-0.4, -0.2) is 27.4 Å². The van der Waals surface area contributed by atoms with Crippen molar-refractivity contribution in [3.05, 3.63) is 65.2 Å². The quantitative estimate of drug-likeness (QED) is 0.909. The smallest absolute Gasteiger partial charge is 0.116 e. The number of rotatable bonds is 5. The fourth-order valence-electron chi connectivity index (χ4n) is 2.75. The van der Waals surface area contributed by atoms with Crippen molar-refractivity contribution in [2.24, 2.45) is 0 Å². The van der Waals surface area contributed by atoms with Crippen molar-refractivity contribution >= 4 is 11.0 Å². The number of benzene rings is 1. The Morgan fingerprint density at radius 1 is 1.17 bits per heavy atom. The Labute approximate surface area is 142 Å². The van der Waals surface area contributed by atoms with Gasteiger partial charge in [-0.05, 0) is 62.6 Å². The molecule has 24 heavy (non-hydrogen) atoms. The standard InChI is InChI=1S/C20H24N2O2/c1-14-5-4-6-18(8-7-14)24-12-17(23)11-22-13-21-19-9-15(2)16(3)10-20(19)22/h5-10,13,17,23H,4,11-12H2,1-3H3. The Bertz CT molecular complexity index is 828. The van der Waals surface area contributed by atoms with E-state index in [9.17, 15) is 5.11 Å². The molecular weight excluding hydrogens is 300 g/mol. The maximum atomic E-state index is 10.3. The van der Waals surface area contributed by atoms with Gasteiger partial charge in [-0.15, -0.1) is 0 Å². The minimum Gasteiger partial charge on any atom is -0.491 e. The number of nitrogens with zero attached hydrogens (tertiary/aromatic N) is 2. The fourth-order valence-corrected chi connectivity index (χ4v) is 2.75. The molecule has 0 radical (unpaired) electrons. The monoisotopic (exact) mass is 324 g/mol. The molecular formula is C20H24N2O2. The molecule has 0 spiro atoms. The molecule has 0 fully saturated rings. The molecule has 1 atom stereocenters. The molecule has 1 unspecified atom stereocenters. The highest BCUT2D eigenvalue weighted by molar-refractivity contribution is 5.77. The number of aliphatic hydroxyl groups is 1. The lowest BCUT2D eigenvalue weighted by atomic mass is 10.1. The molecule has 4 heteroatoms. The molecule has 1 aromatic heterocycles. The van der Waals surface area contributed by atoms with Gasteiger partial charge in [-0.25, -0.2) is 4.98 Å². The number of aryl methyl sites for hydroxylation is 2. The maximum Gasteiger partial charge on any atom is 0.116 e. The van der Waals surface area contributed by atoms with Crippen molar-refractivity contribution < 1.29 is 9.84 Å². The summed E-state index contributed by atoms with van der Waals surface area (Å²) in [5, 5.41) is 10.3. The first-order valence-corrected chi connectivity index (χ1v) is 8.31. The number of hydrogen-bond acceptors (Lipinski definition) is 3. The van der Waals surface area contributed by atoms with Crippen LogP contribution < -0.4 is 0 Å². The topological polar surface area (TPSA) is 47.3 Å². The molecule has 1 N–H and O–H groups in total. The Balaban J connectivity index is 1.63. The lowest BCUT2D eigenvalue weighted by Gasteiger charge is -2.14. The SMILES string of the molecule is CC1=CCC=C(OCC(O)Cn2cnc3cc(C)c(C)cc32)C=C1. The number of fused-ring (bicyclic) bond motifs is 1. The largest absolute Gasteiger partial charge is 0.491 e. The van der Waals surface area contributed by atoms with E-state index in [-0.39, 0.29) is 6.61 Å². The predicted octanol–water partition coefficient (Wildman–Crippen LogP) is 3.82. The zero-order chi connectivity index (χ0) is 17.1. The molecule has 2 aromatic rings. The summed E-state index contributed by atoms with van der Waals surface area (Å²) in [6, 6.07) is 4.21. The molecule has 1 aliphatic rings. The highest BCUT2D eigenvalue weighted by Gasteiger charge is 2.11. The highest BCUT2D eigenvalue weighted by Crippen LogP contribution is 2.19. The van der Waals surface area contributed by atoms with E-state index in [0.717, 1.165) is 23.2 Å². The van der Waals surface area contributed by atoms with Crippen LogP contribution >= 0.6 is 0 Å². The third kappa shape index (κ3) is 3.77. The summed E-state index contributed by atoms with van der Waals surface area (Å²) in [4.78, 5) is 4.43. The first kappa shape index (κ1) is 16.5. The van der Waals surface area contributed by atoms with Gasteiger partial charge in [0.2, 0.25) is 0 Å². The summed E-state index contributed by atoms with van der Waals surface area (Å²) in [5.74, 6) is 0.809. The van der Waals surface area contributed by atoms with Gasteiger partial charge >= 0.3 is 0 Å². The molecule has 1 aliphatic carbocycles. The molecule has 0 amide bonds. The summed E-state index contributed by atoms with van der Waals surface area (Å²) in [7, 11) is 0. The van der Waals surface area contributed by atoms with Crippen LogP contribution in [0.15, 0.2) is 54.1 Å². The zero-order valence-corrected chi connectivity index (χ0v) is 14.5. The second kappa shape index (κ2) is 7.05. The lowest BCUT2D eigenvalue weighted by molar-refractivity contribution is 0.0642. The van der Waals surface area contributed by atoms with Crippen molar-refractivity contribution in [2.75, 3.05) is 6.61 Å². The molecule has 1 heterocycles. The van der Waals surface area contributed by atoms with Crippen LogP contribution in [0.3, 0.4) is 0 Å². The van der Waals surface area contributed by atoms with Crippen LogP contribution in [0.4, 0.5) is 0 Å². The summed E-state index contributed by atoms with van der Waals surface area (Å²) in [5.41, 5.74) is 5.69. The molecule has 0 aliphatic heterocycles.